The van der Waals surface area contributed by atoms with Crippen LogP contribution >= 0.6 is 0 Å². The van der Waals surface area contributed by atoms with Crippen LogP contribution in [0.3, 0.4) is 0 Å². The van der Waals surface area contributed by atoms with Crippen molar-refractivity contribution in [1.82, 2.24) is 4.90 Å². The van der Waals surface area contributed by atoms with E-state index < -0.39 is 0 Å². The second kappa shape index (κ2) is 7.11. The van der Waals surface area contributed by atoms with Crippen LogP contribution in [0.25, 0.3) is 0 Å². The van der Waals surface area contributed by atoms with Gasteiger partial charge in [0, 0.05) is 32.3 Å². The molecule has 2 rings (SSSR count). The number of aromatic hydroxyl groups is 1. The number of benzene rings is 1. The molecule has 1 aliphatic heterocycles. The third kappa shape index (κ3) is 3.48. The number of phenolic OH excluding ortho intramolecular Hbond substituents is 1. The van der Waals surface area contributed by atoms with Crippen LogP contribution in [0.2, 0.25) is 0 Å². The van der Waals surface area contributed by atoms with Crippen molar-refractivity contribution in [3.8, 4) is 11.5 Å². The molecule has 118 valence electrons. The Bertz CT molecular complexity index is 467. The third-order valence-electron chi connectivity index (χ3n) is 4.50. The first-order valence-electron chi connectivity index (χ1n) is 7.46. The summed E-state index contributed by atoms with van der Waals surface area (Å²) >= 11 is 0. The lowest BCUT2D eigenvalue weighted by Crippen LogP contribution is -2.49. The molecule has 21 heavy (non-hydrogen) atoms. The zero-order valence-corrected chi connectivity index (χ0v) is 13.1. The van der Waals surface area contributed by atoms with Crippen molar-refractivity contribution in [1.29, 1.82) is 0 Å². The van der Waals surface area contributed by atoms with E-state index in [1.807, 2.05) is 12.1 Å². The Kier molecular flexibility index (Phi) is 5.45. The van der Waals surface area contributed by atoms with Crippen molar-refractivity contribution in [2.45, 2.75) is 38.0 Å². The van der Waals surface area contributed by atoms with E-state index in [0.717, 1.165) is 24.9 Å². The molecule has 3 unspecified atom stereocenters. The molecule has 5 heteroatoms. The quantitative estimate of drug-likeness (QED) is 0.868. The van der Waals surface area contributed by atoms with E-state index >= 15 is 0 Å². The maximum Gasteiger partial charge on any atom is 0.160 e. The zero-order valence-electron chi connectivity index (χ0n) is 13.1. The van der Waals surface area contributed by atoms with Crippen LogP contribution in [0.15, 0.2) is 18.2 Å². The van der Waals surface area contributed by atoms with Crippen molar-refractivity contribution in [2.24, 2.45) is 5.73 Å². The largest absolute Gasteiger partial charge is 0.504 e. The van der Waals surface area contributed by atoms with Crippen LogP contribution in [0.5, 0.6) is 11.5 Å². The molecule has 0 aromatic heterocycles. The van der Waals surface area contributed by atoms with Crippen LogP contribution in [0, 0.1) is 0 Å². The number of methoxy groups -OCH3 is 2. The molecule has 1 aromatic carbocycles. The highest BCUT2D eigenvalue weighted by Crippen LogP contribution is 2.33. The molecular weight excluding hydrogens is 268 g/mol. The number of nitrogens with two attached hydrogens (primary N) is 1. The minimum atomic E-state index is 0.168. The van der Waals surface area contributed by atoms with Gasteiger partial charge in [-0.3, -0.25) is 4.90 Å². The molecule has 0 bridgehead atoms. The monoisotopic (exact) mass is 294 g/mol. The predicted molar refractivity (Wildman–Crippen MR) is 82.7 cm³/mol. The fourth-order valence-corrected chi connectivity index (χ4v) is 3.13. The van der Waals surface area contributed by atoms with Gasteiger partial charge in [-0.05, 0) is 37.5 Å². The maximum absolute atomic E-state index is 9.72. The molecule has 1 fully saturated rings. The van der Waals surface area contributed by atoms with E-state index in [1.165, 1.54) is 0 Å². The van der Waals surface area contributed by atoms with Crippen molar-refractivity contribution in [3.05, 3.63) is 23.8 Å². The van der Waals surface area contributed by atoms with E-state index in [0.29, 0.717) is 24.4 Å². The first-order valence-corrected chi connectivity index (χ1v) is 7.46. The molecule has 5 nitrogen and oxygen atoms in total. The Balaban J connectivity index is 2.16. The predicted octanol–water partition coefficient (Wildman–Crippen LogP) is 1.90. The van der Waals surface area contributed by atoms with Gasteiger partial charge in [0.25, 0.3) is 0 Å². The fourth-order valence-electron chi connectivity index (χ4n) is 3.13. The second-order valence-electron chi connectivity index (χ2n) is 5.62. The number of likely N-dealkylation sites (tertiary alicyclic amines) is 1. The molecule has 0 radical (unpaired) electrons. The van der Waals surface area contributed by atoms with E-state index in [9.17, 15) is 5.11 Å². The van der Waals surface area contributed by atoms with Gasteiger partial charge in [-0.1, -0.05) is 6.07 Å². The van der Waals surface area contributed by atoms with Crippen LogP contribution < -0.4 is 10.5 Å². The Hall–Kier alpha value is -1.30. The maximum atomic E-state index is 9.72. The van der Waals surface area contributed by atoms with Crippen LogP contribution in [0.4, 0.5) is 0 Å². The minimum Gasteiger partial charge on any atom is -0.504 e. The smallest absolute Gasteiger partial charge is 0.160 e. The summed E-state index contributed by atoms with van der Waals surface area (Å²) in [6, 6.07) is 6.07. The molecule has 0 aliphatic carbocycles. The SMILES string of the molecule is COc1cc(C(C)N2CCC(OC)CC2CN)ccc1O. The Morgan fingerprint density at radius 2 is 2.19 bits per heavy atom. The van der Waals surface area contributed by atoms with Gasteiger partial charge < -0.3 is 20.3 Å². The van der Waals surface area contributed by atoms with Crippen molar-refractivity contribution in [2.75, 3.05) is 27.3 Å². The first kappa shape index (κ1) is 16.1. The minimum absolute atomic E-state index is 0.168. The fraction of sp³-hybridized carbons (Fsp3) is 0.625. The van der Waals surface area contributed by atoms with Gasteiger partial charge in [-0.15, -0.1) is 0 Å². The molecule has 0 amide bonds. The van der Waals surface area contributed by atoms with Gasteiger partial charge in [0.2, 0.25) is 0 Å². The lowest BCUT2D eigenvalue weighted by atomic mass is 9.95. The van der Waals surface area contributed by atoms with Crippen molar-refractivity contribution < 1.29 is 14.6 Å². The topological polar surface area (TPSA) is 68.0 Å². The molecular formula is C16H26N2O3. The number of hydrogen-bond acceptors (Lipinski definition) is 5. The highest BCUT2D eigenvalue weighted by Gasteiger charge is 2.31. The number of phenols is 1. The number of hydrogen-bond donors (Lipinski definition) is 2. The number of piperidine rings is 1. The highest BCUT2D eigenvalue weighted by atomic mass is 16.5. The summed E-state index contributed by atoms with van der Waals surface area (Å²) in [5.74, 6) is 0.678. The standard InChI is InChI=1S/C16H26N2O3/c1-11(12-4-5-15(19)16(8-12)21-3)18-7-6-14(20-2)9-13(18)10-17/h4-5,8,11,13-14,19H,6-7,9-10,17H2,1-3H3. The van der Waals surface area contributed by atoms with Crippen molar-refractivity contribution in [3.63, 3.8) is 0 Å². The van der Waals surface area contributed by atoms with Crippen molar-refractivity contribution >= 4 is 0 Å². The Morgan fingerprint density at radius 3 is 2.81 bits per heavy atom. The molecule has 0 saturated carbocycles. The van der Waals surface area contributed by atoms with Crippen LogP contribution in [0.1, 0.15) is 31.4 Å². The lowest BCUT2D eigenvalue weighted by molar-refractivity contribution is -0.00167. The number of nitrogens with zero attached hydrogens (tertiary/aromatic N) is 1. The second-order valence-corrected chi connectivity index (χ2v) is 5.62. The zero-order chi connectivity index (χ0) is 15.4. The van der Waals surface area contributed by atoms with Crippen LogP contribution in [-0.4, -0.2) is 49.5 Å². The molecule has 1 aromatic rings. The summed E-state index contributed by atoms with van der Waals surface area (Å²) in [6.07, 6.45) is 2.29. The van der Waals surface area contributed by atoms with E-state index in [4.69, 9.17) is 15.2 Å². The van der Waals surface area contributed by atoms with E-state index in [2.05, 4.69) is 11.8 Å². The van der Waals surface area contributed by atoms with Gasteiger partial charge in [0.15, 0.2) is 11.5 Å². The number of rotatable bonds is 5. The van der Waals surface area contributed by atoms with Gasteiger partial charge >= 0.3 is 0 Å². The summed E-state index contributed by atoms with van der Waals surface area (Å²) in [7, 11) is 3.33. The van der Waals surface area contributed by atoms with E-state index in [-0.39, 0.29) is 11.8 Å². The lowest BCUT2D eigenvalue weighted by Gasteiger charge is -2.42. The molecule has 3 N–H and O–H groups in total. The summed E-state index contributed by atoms with van der Waals surface area (Å²) in [6.45, 7) is 3.76. The average Bonchev–Trinajstić information content (AvgIpc) is 2.54. The summed E-state index contributed by atoms with van der Waals surface area (Å²) in [4.78, 5) is 2.42. The average molecular weight is 294 g/mol. The Morgan fingerprint density at radius 1 is 1.43 bits per heavy atom. The summed E-state index contributed by atoms with van der Waals surface area (Å²) < 4.78 is 10.7. The van der Waals surface area contributed by atoms with Gasteiger partial charge in [-0.2, -0.15) is 0 Å². The normalized spacial score (nSPS) is 24.8. The molecule has 1 aliphatic rings. The number of ether oxygens (including phenoxy) is 2. The summed E-state index contributed by atoms with van der Waals surface area (Å²) in [5, 5.41) is 9.72. The van der Waals surface area contributed by atoms with Gasteiger partial charge in [-0.25, -0.2) is 0 Å². The molecule has 0 spiro atoms. The summed E-state index contributed by atoms with van der Waals surface area (Å²) in [5.41, 5.74) is 7.07. The first-order chi connectivity index (χ1) is 10.1. The molecule has 3 atom stereocenters. The Labute approximate surface area is 126 Å². The highest BCUT2D eigenvalue weighted by molar-refractivity contribution is 5.42. The van der Waals surface area contributed by atoms with Gasteiger partial charge in [0.05, 0.1) is 13.2 Å². The third-order valence-corrected chi connectivity index (χ3v) is 4.50. The van der Waals surface area contributed by atoms with Crippen LogP contribution in [-0.2, 0) is 4.74 Å². The molecule has 1 saturated heterocycles. The van der Waals surface area contributed by atoms with E-state index in [1.54, 1.807) is 20.3 Å². The van der Waals surface area contributed by atoms with Gasteiger partial charge in [0.1, 0.15) is 0 Å². The molecule has 1 heterocycles.